The third-order valence-corrected chi connectivity index (χ3v) is 4.25. The van der Waals surface area contributed by atoms with Gasteiger partial charge < -0.3 is 0 Å². The SMILES string of the molecule is CC1=Nc2c(F)cc(S)cc2C12CCCC2. The Morgan fingerprint density at radius 1 is 1.31 bits per heavy atom. The molecule has 1 aromatic rings. The van der Waals surface area contributed by atoms with Crippen molar-refractivity contribution in [3.05, 3.63) is 23.5 Å². The van der Waals surface area contributed by atoms with Crippen LogP contribution >= 0.6 is 12.6 Å². The maximum atomic E-state index is 13.8. The van der Waals surface area contributed by atoms with Crippen LogP contribution in [0.2, 0.25) is 0 Å². The van der Waals surface area contributed by atoms with E-state index in [0.29, 0.717) is 10.6 Å². The van der Waals surface area contributed by atoms with Crippen LogP contribution in [0, 0.1) is 5.82 Å². The van der Waals surface area contributed by atoms with Crippen molar-refractivity contribution in [3.8, 4) is 0 Å². The Morgan fingerprint density at radius 3 is 2.69 bits per heavy atom. The molecule has 0 saturated heterocycles. The van der Waals surface area contributed by atoms with Gasteiger partial charge in [0.2, 0.25) is 0 Å². The number of hydrogen-bond donors (Lipinski definition) is 1. The smallest absolute Gasteiger partial charge is 0.150 e. The van der Waals surface area contributed by atoms with E-state index < -0.39 is 0 Å². The average Bonchev–Trinajstić information content (AvgIpc) is 2.79. The highest BCUT2D eigenvalue weighted by atomic mass is 32.1. The Balaban J connectivity index is 2.25. The fourth-order valence-electron chi connectivity index (χ4n) is 3.14. The summed E-state index contributed by atoms with van der Waals surface area (Å²) in [6.07, 6.45) is 4.63. The van der Waals surface area contributed by atoms with Crippen molar-refractivity contribution in [3.63, 3.8) is 0 Å². The molecule has 1 heterocycles. The van der Waals surface area contributed by atoms with Gasteiger partial charge in [0, 0.05) is 16.0 Å². The predicted octanol–water partition coefficient (Wildman–Crippen LogP) is 4.03. The van der Waals surface area contributed by atoms with Crippen LogP contribution in [0.15, 0.2) is 22.0 Å². The summed E-state index contributed by atoms with van der Waals surface area (Å²) < 4.78 is 13.8. The van der Waals surface area contributed by atoms with Crippen LogP contribution in [-0.4, -0.2) is 5.71 Å². The summed E-state index contributed by atoms with van der Waals surface area (Å²) in [7, 11) is 0. The van der Waals surface area contributed by atoms with E-state index in [9.17, 15) is 4.39 Å². The van der Waals surface area contributed by atoms with Crippen LogP contribution < -0.4 is 0 Å². The van der Waals surface area contributed by atoms with Crippen LogP contribution in [0.25, 0.3) is 0 Å². The highest BCUT2D eigenvalue weighted by Crippen LogP contribution is 2.51. The van der Waals surface area contributed by atoms with E-state index in [1.54, 1.807) is 0 Å². The molecule has 0 radical (unpaired) electrons. The van der Waals surface area contributed by atoms with Gasteiger partial charge in [-0.1, -0.05) is 12.8 Å². The molecule has 0 unspecified atom stereocenters. The van der Waals surface area contributed by atoms with E-state index in [-0.39, 0.29) is 11.2 Å². The molecule has 3 heteroatoms. The average molecular weight is 235 g/mol. The molecule has 0 amide bonds. The van der Waals surface area contributed by atoms with Crippen molar-refractivity contribution in [2.45, 2.75) is 42.9 Å². The summed E-state index contributed by atoms with van der Waals surface area (Å²) >= 11 is 4.27. The molecule has 0 atom stereocenters. The van der Waals surface area contributed by atoms with Crippen molar-refractivity contribution >= 4 is 24.0 Å². The Kier molecular flexibility index (Phi) is 2.15. The molecular formula is C13H14FNS. The van der Waals surface area contributed by atoms with E-state index in [0.717, 1.165) is 24.1 Å². The second-order valence-electron chi connectivity index (χ2n) is 4.81. The summed E-state index contributed by atoms with van der Waals surface area (Å²) in [5.74, 6) is -0.231. The molecule has 1 aromatic carbocycles. The molecule has 1 nitrogen and oxygen atoms in total. The summed E-state index contributed by atoms with van der Waals surface area (Å²) in [6.45, 7) is 2.03. The summed E-state index contributed by atoms with van der Waals surface area (Å²) in [5, 5.41) is 0. The minimum Gasteiger partial charge on any atom is -0.254 e. The fraction of sp³-hybridized carbons (Fsp3) is 0.462. The van der Waals surface area contributed by atoms with Gasteiger partial charge in [0.15, 0.2) is 0 Å². The monoisotopic (exact) mass is 235 g/mol. The van der Waals surface area contributed by atoms with Gasteiger partial charge in [-0.3, -0.25) is 4.99 Å². The van der Waals surface area contributed by atoms with Crippen LogP contribution in [0.4, 0.5) is 10.1 Å². The van der Waals surface area contributed by atoms with Gasteiger partial charge in [0.05, 0.1) is 0 Å². The molecule has 1 saturated carbocycles. The summed E-state index contributed by atoms with van der Waals surface area (Å²) in [6, 6.07) is 3.44. The molecule has 0 aromatic heterocycles. The van der Waals surface area contributed by atoms with E-state index in [1.165, 1.54) is 18.9 Å². The summed E-state index contributed by atoms with van der Waals surface area (Å²) in [4.78, 5) is 5.14. The standard InChI is InChI=1S/C13H14FNS/c1-8-13(4-2-3-5-13)10-6-9(16)7-11(14)12(10)15-8/h6-7,16H,2-5H2,1H3. The number of halogens is 1. The van der Waals surface area contributed by atoms with E-state index in [4.69, 9.17) is 0 Å². The molecular weight excluding hydrogens is 221 g/mol. The number of nitrogens with zero attached hydrogens (tertiary/aromatic N) is 1. The Bertz CT molecular complexity index is 487. The van der Waals surface area contributed by atoms with Crippen LogP contribution in [0.3, 0.4) is 0 Å². The van der Waals surface area contributed by atoms with Gasteiger partial charge in [-0.15, -0.1) is 12.6 Å². The molecule has 0 bridgehead atoms. The minimum absolute atomic E-state index is 0.0227. The lowest BCUT2D eigenvalue weighted by molar-refractivity contribution is 0.594. The molecule has 2 aliphatic rings. The minimum atomic E-state index is -0.231. The zero-order chi connectivity index (χ0) is 11.3. The zero-order valence-corrected chi connectivity index (χ0v) is 10.1. The molecule has 1 aliphatic carbocycles. The predicted molar refractivity (Wildman–Crippen MR) is 66.6 cm³/mol. The molecule has 3 rings (SSSR count). The van der Waals surface area contributed by atoms with Crippen molar-refractivity contribution in [2.75, 3.05) is 0 Å². The lowest BCUT2D eigenvalue weighted by Gasteiger charge is -2.25. The van der Waals surface area contributed by atoms with Crippen molar-refractivity contribution in [2.24, 2.45) is 4.99 Å². The molecule has 1 spiro atoms. The van der Waals surface area contributed by atoms with Crippen molar-refractivity contribution < 1.29 is 4.39 Å². The maximum Gasteiger partial charge on any atom is 0.150 e. The number of hydrogen-bond acceptors (Lipinski definition) is 2. The number of benzene rings is 1. The van der Waals surface area contributed by atoms with Crippen molar-refractivity contribution in [1.82, 2.24) is 0 Å². The van der Waals surface area contributed by atoms with Gasteiger partial charge >= 0.3 is 0 Å². The van der Waals surface area contributed by atoms with Gasteiger partial charge in [-0.2, -0.15) is 0 Å². The van der Waals surface area contributed by atoms with Gasteiger partial charge in [-0.25, -0.2) is 4.39 Å². The Labute approximate surface area is 100 Å². The highest BCUT2D eigenvalue weighted by molar-refractivity contribution is 7.80. The Hall–Kier alpha value is -0.830. The number of fused-ring (bicyclic) bond motifs is 2. The fourth-order valence-corrected chi connectivity index (χ4v) is 3.38. The maximum absolute atomic E-state index is 13.8. The van der Waals surface area contributed by atoms with E-state index >= 15 is 0 Å². The van der Waals surface area contributed by atoms with E-state index in [2.05, 4.69) is 17.6 Å². The zero-order valence-electron chi connectivity index (χ0n) is 9.26. The molecule has 0 N–H and O–H groups in total. The quantitative estimate of drug-likeness (QED) is 0.652. The third-order valence-electron chi connectivity index (χ3n) is 3.99. The topological polar surface area (TPSA) is 12.4 Å². The number of aliphatic imine (C=N–C) groups is 1. The number of rotatable bonds is 0. The summed E-state index contributed by atoms with van der Waals surface area (Å²) in [5.41, 5.74) is 2.72. The number of thiol groups is 1. The first-order chi connectivity index (χ1) is 7.63. The van der Waals surface area contributed by atoms with Crippen LogP contribution in [0.5, 0.6) is 0 Å². The third kappa shape index (κ3) is 1.21. The molecule has 1 fully saturated rings. The molecule has 16 heavy (non-hydrogen) atoms. The highest BCUT2D eigenvalue weighted by Gasteiger charge is 2.44. The van der Waals surface area contributed by atoms with Gasteiger partial charge in [-0.05, 0) is 37.5 Å². The first-order valence-electron chi connectivity index (χ1n) is 5.72. The van der Waals surface area contributed by atoms with Gasteiger partial charge in [0.1, 0.15) is 11.5 Å². The first-order valence-corrected chi connectivity index (χ1v) is 6.17. The lowest BCUT2D eigenvalue weighted by Crippen LogP contribution is -2.27. The molecule has 1 aliphatic heterocycles. The molecule has 84 valence electrons. The second-order valence-corrected chi connectivity index (χ2v) is 5.33. The Morgan fingerprint density at radius 2 is 2.00 bits per heavy atom. The van der Waals surface area contributed by atoms with Crippen molar-refractivity contribution in [1.29, 1.82) is 0 Å². The lowest BCUT2D eigenvalue weighted by atomic mass is 9.76. The second kappa shape index (κ2) is 3.33. The van der Waals surface area contributed by atoms with Crippen LogP contribution in [-0.2, 0) is 5.41 Å². The van der Waals surface area contributed by atoms with Crippen LogP contribution in [0.1, 0.15) is 38.2 Å². The normalized spacial score (nSPS) is 21.3. The van der Waals surface area contributed by atoms with Gasteiger partial charge in [0.25, 0.3) is 0 Å². The first kappa shape index (κ1) is 10.3. The largest absolute Gasteiger partial charge is 0.254 e. The van der Waals surface area contributed by atoms with E-state index in [1.807, 2.05) is 13.0 Å².